The standard InChI is InChI=1S/C9H17N3O2/c1-9(5-14-6-9)4-10-7-3-12(2)11-8(7)13/h7,10H,3-6H2,1-2H3,(H,11,13). The van der Waals surface area contributed by atoms with Crippen LogP contribution in [0.2, 0.25) is 0 Å². The van der Waals surface area contributed by atoms with Crippen molar-refractivity contribution in [3.05, 3.63) is 0 Å². The van der Waals surface area contributed by atoms with Crippen molar-refractivity contribution in [2.75, 3.05) is 33.4 Å². The molecule has 0 bridgehead atoms. The highest BCUT2D eigenvalue weighted by atomic mass is 16.5. The highest BCUT2D eigenvalue weighted by Gasteiger charge is 2.36. The Morgan fingerprint density at radius 2 is 2.43 bits per heavy atom. The van der Waals surface area contributed by atoms with Gasteiger partial charge in [-0.25, -0.2) is 5.01 Å². The lowest BCUT2D eigenvalue weighted by atomic mass is 9.88. The van der Waals surface area contributed by atoms with Gasteiger partial charge in [0, 0.05) is 25.6 Å². The number of hydrogen-bond acceptors (Lipinski definition) is 4. The van der Waals surface area contributed by atoms with Gasteiger partial charge < -0.3 is 10.1 Å². The van der Waals surface area contributed by atoms with Crippen LogP contribution in [0.5, 0.6) is 0 Å². The number of carbonyl (C=O) groups excluding carboxylic acids is 1. The average molecular weight is 199 g/mol. The summed E-state index contributed by atoms with van der Waals surface area (Å²) in [7, 11) is 1.87. The monoisotopic (exact) mass is 199 g/mol. The molecule has 2 N–H and O–H groups in total. The van der Waals surface area contributed by atoms with E-state index in [-0.39, 0.29) is 17.4 Å². The van der Waals surface area contributed by atoms with Gasteiger partial charge in [-0.15, -0.1) is 0 Å². The molecule has 0 radical (unpaired) electrons. The number of ether oxygens (including phenoxy) is 1. The number of amides is 1. The zero-order chi connectivity index (χ0) is 10.2. The number of carbonyl (C=O) groups is 1. The fourth-order valence-corrected chi connectivity index (χ4v) is 1.75. The fraction of sp³-hybridized carbons (Fsp3) is 0.889. The first-order chi connectivity index (χ1) is 6.59. The number of hydrogen-bond donors (Lipinski definition) is 2. The summed E-state index contributed by atoms with van der Waals surface area (Å²) in [6.07, 6.45) is 0. The van der Waals surface area contributed by atoms with Crippen LogP contribution in [-0.4, -0.2) is 50.3 Å². The number of nitrogens with zero attached hydrogens (tertiary/aromatic N) is 1. The van der Waals surface area contributed by atoms with Gasteiger partial charge in [-0.05, 0) is 0 Å². The van der Waals surface area contributed by atoms with Gasteiger partial charge in [-0.3, -0.25) is 10.2 Å². The molecule has 2 rings (SSSR count). The summed E-state index contributed by atoms with van der Waals surface area (Å²) in [5, 5.41) is 5.08. The second-order valence-corrected chi connectivity index (χ2v) is 4.59. The molecule has 0 aromatic rings. The summed E-state index contributed by atoms with van der Waals surface area (Å²) in [5.74, 6) is 0.0661. The van der Waals surface area contributed by atoms with Crippen molar-refractivity contribution in [1.82, 2.24) is 15.8 Å². The Morgan fingerprint density at radius 3 is 2.86 bits per heavy atom. The van der Waals surface area contributed by atoms with Gasteiger partial charge in [0.25, 0.3) is 5.91 Å². The van der Waals surface area contributed by atoms with Crippen LogP contribution in [0.4, 0.5) is 0 Å². The minimum absolute atomic E-state index is 0.0661. The Hall–Kier alpha value is -0.650. The Kier molecular flexibility index (Phi) is 2.47. The van der Waals surface area contributed by atoms with E-state index in [0.717, 1.165) is 26.3 Å². The number of hydrazine groups is 1. The molecule has 1 atom stereocenters. The van der Waals surface area contributed by atoms with E-state index in [9.17, 15) is 4.79 Å². The fourth-order valence-electron chi connectivity index (χ4n) is 1.75. The van der Waals surface area contributed by atoms with Gasteiger partial charge >= 0.3 is 0 Å². The molecular weight excluding hydrogens is 182 g/mol. The Balaban J connectivity index is 1.78. The molecule has 2 fully saturated rings. The van der Waals surface area contributed by atoms with Crippen LogP contribution in [0.3, 0.4) is 0 Å². The maximum Gasteiger partial charge on any atom is 0.252 e. The van der Waals surface area contributed by atoms with Crippen molar-refractivity contribution in [1.29, 1.82) is 0 Å². The molecule has 2 aliphatic heterocycles. The number of likely N-dealkylation sites (N-methyl/N-ethyl adjacent to an activating group) is 1. The molecule has 14 heavy (non-hydrogen) atoms. The zero-order valence-electron chi connectivity index (χ0n) is 8.67. The van der Waals surface area contributed by atoms with Crippen molar-refractivity contribution in [2.24, 2.45) is 5.41 Å². The minimum atomic E-state index is -0.0718. The van der Waals surface area contributed by atoms with E-state index in [1.54, 1.807) is 5.01 Å². The third-order valence-electron chi connectivity index (χ3n) is 2.75. The lowest BCUT2D eigenvalue weighted by Gasteiger charge is -2.38. The van der Waals surface area contributed by atoms with E-state index < -0.39 is 0 Å². The van der Waals surface area contributed by atoms with E-state index in [1.165, 1.54) is 0 Å². The Labute approximate surface area is 83.8 Å². The molecule has 0 saturated carbocycles. The molecule has 1 amide bonds. The highest BCUT2D eigenvalue weighted by molar-refractivity contribution is 5.83. The minimum Gasteiger partial charge on any atom is -0.380 e. The quantitative estimate of drug-likeness (QED) is 0.609. The maximum absolute atomic E-state index is 11.4. The third-order valence-corrected chi connectivity index (χ3v) is 2.75. The van der Waals surface area contributed by atoms with Crippen LogP contribution in [0.25, 0.3) is 0 Å². The van der Waals surface area contributed by atoms with Crippen LogP contribution in [0.15, 0.2) is 0 Å². The van der Waals surface area contributed by atoms with Crippen LogP contribution in [0.1, 0.15) is 6.92 Å². The smallest absolute Gasteiger partial charge is 0.252 e. The Morgan fingerprint density at radius 1 is 1.71 bits per heavy atom. The highest BCUT2D eigenvalue weighted by Crippen LogP contribution is 2.25. The van der Waals surface area contributed by atoms with E-state index in [1.807, 2.05) is 7.05 Å². The molecule has 80 valence electrons. The lowest BCUT2D eigenvalue weighted by Crippen LogP contribution is -2.51. The molecule has 5 nitrogen and oxygen atoms in total. The first-order valence-corrected chi connectivity index (χ1v) is 4.92. The normalized spacial score (nSPS) is 31.3. The topological polar surface area (TPSA) is 53.6 Å². The van der Waals surface area contributed by atoms with E-state index in [0.29, 0.717) is 0 Å². The van der Waals surface area contributed by atoms with E-state index in [4.69, 9.17) is 4.74 Å². The SMILES string of the molecule is CN1CC(NCC2(C)COC2)C(=O)N1. The summed E-state index contributed by atoms with van der Waals surface area (Å²) in [6, 6.07) is -0.0718. The Bertz CT molecular complexity index is 240. The van der Waals surface area contributed by atoms with Crippen molar-refractivity contribution in [2.45, 2.75) is 13.0 Å². The summed E-state index contributed by atoms with van der Waals surface area (Å²) in [5.41, 5.74) is 2.96. The van der Waals surface area contributed by atoms with Gasteiger partial charge in [-0.1, -0.05) is 6.92 Å². The van der Waals surface area contributed by atoms with Crippen molar-refractivity contribution in [3.63, 3.8) is 0 Å². The second kappa shape index (κ2) is 3.49. The molecule has 2 aliphatic rings. The maximum atomic E-state index is 11.4. The second-order valence-electron chi connectivity index (χ2n) is 4.59. The molecule has 1 unspecified atom stereocenters. The van der Waals surface area contributed by atoms with Gasteiger partial charge in [-0.2, -0.15) is 0 Å². The van der Waals surface area contributed by atoms with Crippen LogP contribution in [-0.2, 0) is 9.53 Å². The largest absolute Gasteiger partial charge is 0.380 e. The predicted octanol–water partition coefficient (Wildman–Crippen LogP) is -1.04. The van der Waals surface area contributed by atoms with Gasteiger partial charge in [0.05, 0.1) is 13.2 Å². The van der Waals surface area contributed by atoms with Crippen LogP contribution in [0, 0.1) is 5.41 Å². The molecule has 5 heteroatoms. The van der Waals surface area contributed by atoms with Gasteiger partial charge in [0.15, 0.2) is 0 Å². The van der Waals surface area contributed by atoms with E-state index >= 15 is 0 Å². The molecular formula is C9H17N3O2. The first kappa shape index (κ1) is 9.89. The number of rotatable bonds is 3. The van der Waals surface area contributed by atoms with Crippen LogP contribution >= 0.6 is 0 Å². The van der Waals surface area contributed by atoms with E-state index in [2.05, 4.69) is 17.7 Å². The average Bonchev–Trinajstić information content (AvgIpc) is 2.38. The third kappa shape index (κ3) is 1.89. The van der Waals surface area contributed by atoms with Gasteiger partial charge in [0.2, 0.25) is 0 Å². The summed E-state index contributed by atoms with van der Waals surface area (Å²) < 4.78 is 5.15. The molecule has 0 aliphatic carbocycles. The molecule has 0 aromatic carbocycles. The molecule has 2 saturated heterocycles. The lowest BCUT2D eigenvalue weighted by molar-refractivity contribution is -0.123. The summed E-state index contributed by atoms with van der Waals surface area (Å²) >= 11 is 0. The van der Waals surface area contributed by atoms with Gasteiger partial charge in [0.1, 0.15) is 6.04 Å². The molecule has 0 spiro atoms. The van der Waals surface area contributed by atoms with Crippen LogP contribution < -0.4 is 10.7 Å². The first-order valence-electron chi connectivity index (χ1n) is 4.92. The zero-order valence-corrected chi connectivity index (χ0v) is 8.67. The summed E-state index contributed by atoms with van der Waals surface area (Å²) in [6.45, 7) is 5.34. The van der Waals surface area contributed by atoms with Crippen molar-refractivity contribution >= 4 is 5.91 Å². The summed E-state index contributed by atoms with van der Waals surface area (Å²) in [4.78, 5) is 11.4. The molecule has 2 heterocycles. The van der Waals surface area contributed by atoms with Crippen molar-refractivity contribution in [3.8, 4) is 0 Å². The number of nitrogens with one attached hydrogen (secondary N) is 2. The predicted molar refractivity (Wildman–Crippen MR) is 51.5 cm³/mol. The van der Waals surface area contributed by atoms with Crippen molar-refractivity contribution < 1.29 is 9.53 Å². The molecule has 0 aromatic heterocycles.